The molecular weight excluding hydrogens is 138 g/mol. The van der Waals surface area contributed by atoms with E-state index in [0.29, 0.717) is 5.75 Å². The van der Waals surface area contributed by atoms with E-state index in [2.05, 4.69) is 11.7 Å². The van der Waals surface area contributed by atoms with Crippen LogP contribution in [0.25, 0.3) is 0 Å². The molecule has 1 aromatic rings. The molecule has 0 spiro atoms. The molecule has 0 saturated carbocycles. The first kappa shape index (κ1) is 6.53. The monoisotopic (exact) mass is 148 g/mol. The lowest BCUT2D eigenvalue weighted by Gasteiger charge is -2.16. The van der Waals surface area contributed by atoms with E-state index in [4.69, 9.17) is 5.11 Å². The number of hydrogen-bond acceptors (Lipinski definition) is 2. The Bertz CT molecular complexity index is 270. The molecule has 0 unspecified atom stereocenters. The van der Waals surface area contributed by atoms with Crippen LogP contribution in [0.15, 0.2) is 18.2 Å². The molecule has 57 valence electrons. The normalized spacial score (nSPS) is 15.3. The highest BCUT2D eigenvalue weighted by Gasteiger charge is 2.07. The topological polar surface area (TPSA) is 32.3 Å². The Kier molecular flexibility index (Phi) is 1.46. The second-order valence-electron chi connectivity index (χ2n) is 2.69. The summed E-state index contributed by atoms with van der Waals surface area (Å²) in [5.74, 6) is 0.337. The zero-order valence-corrected chi connectivity index (χ0v) is 6.17. The minimum Gasteiger partial charge on any atom is -0.508 e. The van der Waals surface area contributed by atoms with Crippen LogP contribution in [0.3, 0.4) is 0 Å². The Hall–Kier alpha value is -1.18. The van der Waals surface area contributed by atoms with E-state index in [1.807, 2.05) is 6.07 Å². The Balaban J connectivity index is 2.43. The van der Waals surface area contributed by atoms with E-state index in [-0.39, 0.29) is 0 Å². The van der Waals surface area contributed by atoms with E-state index < -0.39 is 0 Å². The van der Waals surface area contributed by atoms with Crippen LogP contribution in [0, 0.1) is 6.42 Å². The Morgan fingerprint density at radius 1 is 1.36 bits per heavy atom. The van der Waals surface area contributed by atoms with Crippen molar-refractivity contribution in [3.63, 3.8) is 0 Å². The molecule has 1 aromatic carbocycles. The van der Waals surface area contributed by atoms with Crippen LogP contribution >= 0.6 is 0 Å². The van der Waals surface area contributed by atoms with Crippen molar-refractivity contribution in [3.8, 4) is 5.75 Å². The van der Waals surface area contributed by atoms with Gasteiger partial charge in [0.05, 0.1) is 0 Å². The first-order chi connectivity index (χ1) is 5.36. The highest BCUT2D eigenvalue weighted by atomic mass is 16.3. The van der Waals surface area contributed by atoms with Gasteiger partial charge in [0.15, 0.2) is 0 Å². The third-order valence-corrected chi connectivity index (χ3v) is 1.86. The van der Waals surface area contributed by atoms with E-state index in [1.54, 1.807) is 12.1 Å². The summed E-state index contributed by atoms with van der Waals surface area (Å²) in [6, 6.07) is 5.38. The molecule has 1 heterocycles. The highest BCUT2D eigenvalue weighted by Crippen LogP contribution is 2.26. The fourth-order valence-electron chi connectivity index (χ4n) is 1.31. The number of anilines is 1. The lowest BCUT2D eigenvalue weighted by molar-refractivity contribution is 0.475. The predicted octanol–water partition coefficient (Wildman–Crippen LogP) is 1.76. The number of aromatic hydroxyl groups is 1. The number of hydrogen-bond donors (Lipinski definition) is 2. The summed E-state index contributed by atoms with van der Waals surface area (Å²) >= 11 is 0. The molecule has 2 N–H and O–H groups in total. The zero-order valence-electron chi connectivity index (χ0n) is 6.17. The number of fused-ring (bicyclic) bond motifs is 1. The molecule has 0 atom stereocenters. The number of rotatable bonds is 0. The number of benzene rings is 1. The average molecular weight is 148 g/mol. The van der Waals surface area contributed by atoms with Crippen LogP contribution < -0.4 is 5.32 Å². The molecular formula is C9H10NO. The Morgan fingerprint density at radius 3 is 3.18 bits per heavy atom. The number of phenols is 1. The summed E-state index contributed by atoms with van der Waals surface area (Å²) in [4.78, 5) is 0. The maximum Gasteiger partial charge on any atom is 0.116 e. The molecule has 11 heavy (non-hydrogen) atoms. The average Bonchev–Trinajstić information content (AvgIpc) is 2.04. The van der Waals surface area contributed by atoms with Crippen molar-refractivity contribution in [1.29, 1.82) is 0 Å². The summed E-state index contributed by atoms with van der Waals surface area (Å²) < 4.78 is 0. The van der Waals surface area contributed by atoms with Crippen LogP contribution in [0.5, 0.6) is 5.75 Å². The molecule has 2 heteroatoms. The molecule has 1 radical (unpaired) electrons. The summed E-state index contributed by atoms with van der Waals surface area (Å²) in [5.41, 5.74) is 2.23. The molecule has 1 aliphatic heterocycles. The van der Waals surface area contributed by atoms with Crippen molar-refractivity contribution < 1.29 is 5.11 Å². The standard InChI is InChI=1S/C9H10NO/c11-8-3-4-9-7(6-8)2-1-5-10-9/h2-4,6,10-11H,1,5H2. The quantitative estimate of drug-likeness (QED) is 0.549. The molecule has 0 saturated heterocycles. The van der Waals surface area contributed by atoms with Crippen LogP contribution in [0.2, 0.25) is 0 Å². The minimum absolute atomic E-state index is 0.337. The number of phenolic OH excluding ortho intramolecular Hbond substituents is 1. The van der Waals surface area contributed by atoms with E-state index in [9.17, 15) is 0 Å². The second kappa shape index (κ2) is 2.46. The van der Waals surface area contributed by atoms with Gasteiger partial charge in [0.25, 0.3) is 0 Å². The van der Waals surface area contributed by atoms with Gasteiger partial charge in [-0.25, -0.2) is 0 Å². The van der Waals surface area contributed by atoms with Gasteiger partial charge in [0.1, 0.15) is 5.75 Å². The van der Waals surface area contributed by atoms with E-state index in [0.717, 1.165) is 24.2 Å². The third kappa shape index (κ3) is 1.16. The Morgan fingerprint density at radius 2 is 2.27 bits per heavy atom. The van der Waals surface area contributed by atoms with Crippen molar-refractivity contribution in [3.05, 3.63) is 30.2 Å². The van der Waals surface area contributed by atoms with Gasteiger partial charge in [-0.05, 0) is 36.6 Å². The highest BCUT2D eigenvalue weighted by molar-refractivity contribution is 5.58. The SMILES string of the molecule is Oc1ccc2c(c1)[CH]CCN2. The van der Waals surface area contributed by atoms with Gasteiger partial charge in [-0.2, -0.15) is 0 Å². The van der Waals surface area contributed by atoms with Gasteiger partial charge in [-0.15, -0.1) is 0 Å². The van der Waals surface area contributed by atoms with Crippen molar-refractivity contribution in [2.24, 2.45) is 0 Å². The molecule has 0 aliphatic carbocycles. The van der Waals surface area contributed by atoms with Crippen molar-refractivity contribution in [2.75, 3.05) is 11.9 Å². The smallest absolute Gasteiger partial charge is 0.116 e. The van der Waals surface area contributed by atoms with Gasteiger partial charge in [0, 0.05) is 12.2 Å². The molecule has 2 rings (SSSR count). The van der Waals surface area contributed by atoms with Crippen molar-refractivity contribution >= 4 is 5.69 Å². The summed E-state index contributed by atoms with van der Waals surface area (Å²) in [6.07, 6.45) is 3.17. The summed E-state index contributed by atoms with van der Waals surface area (Å²) in [5, 5.41) is 12.4. The lowest BCUT2D eigenvalue weighted by atomic mass is 10.0. The fourth-order valence-corrected chi connectivity index (χ4v) is 1.31. The zero-order chi connectivity index (χ0) is 7.68. The van der Waals surface area contributed by atoms with Gasteiger partial charge in [-0.1, -0.05) is 0 Å². The van der Waals surface area contributed by atoms with Gasteiger partial charge >= 0.3 is 0 Å². The molecule has 0 bridgehead atoms. The van der Waals surface area contributed by atoms with Gasteiger partial charge in [-0.3, -0.25) is 0 Å². The first-order valence-electron chi connectivity index (χ1n) is 3.76. The maximum absolute atomic E-state index is 9.14. The maximum atomic E-state index is 9.14. The predicted molar refractivity (Wildman–Crippen MR) is 44.6 cm³/mol. The summed E-state index contributed by atoms with van der Waals surface area (Å²) in [6.45, 7) is 0.998. The van der Waals surface area contributed by atoms with E-state index in [1.165, 1.54) is 0 Å². The number of nitrogens with one attached hydrogen (secondary N) is 1. The van der Waals surface area contributed by atoms with Crippen LogP contribution in [0.4, 0.5) is 5.69 Å². The van der Waals surface area contributed by atoms with Crippen LogP contribution in [-0.2, 0) is 0 Å². The molecule has 2 nitrogen and oxygen atoms in total. The fraction of sp³-hybridized carbons (Fsp3) is 0.222. The third-order valence-electron chi connectivity index (χ3n) is 1.86. The van der Waals surface area contributed by atoms with Gasteiger partial charge in [0.2, 0.25) is 0 Å². The largest absolute Gasteiger partial charge is 0.508 e. The second-order valence-corrected chi connectivity index (χ2v) is 2.69. The molecule has 0 aromatic heterocycles. The van der Waals surface area contributed by atoms with Crippen LogP contribution in [-0.4, -0.2) is 11.7 Å². The van der Waals surface area contributed by atoms with Crippen molar-refractivity contribution in [1.82, 2.24) is 0 Å². The van der Waals surface area contributed by atoms with Crippen LogP contribution in [0.1, 0.15) is 12.0 Å². The van der Waals surface area contributed by atoms with Crippen molar-refractivity contribution in [2.45, 2.75) is 6.42 Å². The summed E-state index contributed by atoms with van der Waals surface area (Å²) in [7, 11) is 0. The lowest BCUT2D eigenvalue weighted by Crippen LogP contribution is -2.09. The van der Waals surface area contributed by atoms with Gasteiger partial charge < -0.3 is 10.4 Å². The molecule has 1 aliphatic rings. The Labute approximate surface area is 65.9 Å². The molecule has 0 amide bonds. The minimum atomic E-state index is 0.337. The molecule has 0 fully saturated rings. The van der Waals surface area contributed by atoms with E-state index >= 15 is 0 Å². The first-order valence-corrected chi connectivity index (χ1v) is 3.76.